The number of carbonyl (C=O) groups excluding carboxylic acids is 1. The predicted molar refractivity (Wildman–Crippen MR) is 85.1 cm³/mol. The molecule has 0 saturated carbocycles. The maximum absolute atomic E-state index is 13.7. The third-order valence-electron chi connectivity index (χ3n) is 3.59. The molecule has 0 aromatic heterocycles. The van der Waals surface area contributed by atoms with Gasteiger partial charge in [0, 0.05) is 33.3 Å². The van der Waals surface area contributed by atoms with Crippen molar-refractivity contribution in [3.8, 4) is 0 Å². The maximum atomic E-state index is 13.7. The van der Waals surface area contributed by atoms with Crippen LogP contribution in [0.1, 0.15) is 10.4 Å². The molecule has 0 spiro atoms. The molecule has 0 N–H and O–H groups in total. The molecule has 6 nitrogen and oxygen atoms in total. The Balaban J connectivity index is 2.14. The van der Waals surface area contributed by atoms with E-state index in [0.717, 1.165) is 13.1 Å². The summed E-state index contributed by atoms with van der Waals surface area (Å²) in [5.74, 6) is -1.23. The third-order valence-corrected chi connectivity index (χ3v) is 3.59. The Bertz CT molecular complexity index is 557. The van der Waals surface area contributed by atoms with E-state index in [1.54, 1.807) is 13.2 Å². The molecule has 0 unspecified atom stereocenters. The van der Waals surface area contributed by atoms with Gasteiger partial charge in [0.1, 0.15) is 12.4 Å². The summed E-state index contributed by atoms with van der Waals surface area (Å²) in [4.78, 5) is 20.3. The van der Waals surface area contributed by atoms with Crippen LogP contribution in [-0.2, 0) is 9.47 Å². The third kappa shape index (κ3) is 5.01. The summed E-state index contributed by atoms with van der Waals surface area (Å²) in [7, 11) is 3.60. The number of halogens is 1. The molecule has 0 bridgehead atoms. The Labute approximate surface area is 135 Å². The van der Waals surface area contributed by atoms with E-state index in [2.05, 4.69) is 9.89 Å². The number of hydrogen-bond acceptors (Lipinski definition) is 4. The number of likely N-dealkylation sites (N-methyl/N-ethyl adjacent to an activating group) is 1. The first-order valence-electron chi connectivity index (χ1n) is 7.54. The van der Waals surface area contributed by atoms with Gasteiger partial charge in [-0.15, -0.1) is 0 Å². The molecule has 0 atom stereocenters. The van der Waals surface area contributed by atoms with Crippen molar-refractivity contribution in [2.75, 3.05) is 53.6 Å². The number of amidine groups is 1. The maximum Gasteiger partial charge on any atom is 0.295 e. The average molecular weight is 323 g/mol. The molecule has 23 heavy (non-hydrogen) atoms. The van der Waals surface area contributed by atoms with Crippen molar-refractivity contribution in [1.82, 2.24) is 9.80 Å². The minimum Gasteiger partial charge on any atom is -0.462 e. The van der Waals surface area contributed by atoms with Gasteiger partial charge in [-0.2, -0.15) is 4.99 Å². The number of aliphatic imine (C=N–C) groups is 1. The van der Waals surface area contributed by atoms with Gasteiger partial charge in [0.25, 0.3) is 11.9 Å². The van der Waals surface area contributed by atoms with Crippen molar-refractivity contribution in [3.05, 3.63) is 35.6 Å². The lowest BCUT2D eigenvalue weighted by molar-refractivity contribution is 0.0964. The van der Waals surface area contributed by atoms with E-state index in [-0.39, 0.29) is 18.2 Å². The molecule has 1 aliphatic rings. The van der Waals surface area contributed by atoms with Crippen LogP contribution in [0.2, 0.25) is 0 Å². The summed E-state index contributed by atoms with van der Waals surface area (Å²) >= 11 is 0. The van der Waals surface area contributed by atoms with Crippen molar-refractivity contribution < 1.29 is 18.7 Å². The van der Waals surface area contributed by atoms with Crippen LogP contribution in [0.4, 0.5) is 4.39 Å². The normalized spacial score (nSPS) is 16.5. The summed E-state index contributed by atoms with van der Waals surface area (Å²) in [6.07, 6.45) is 0. The molecule has 1 aromatic carbocycles. The summed E-state index contributed by atoms with van der Waals surface area (Å²) in [5.41, 5.74) is -0.0607. The van der Waals surface area contributed by atoms with Crippen LogP contribution >= 0.6 is 0 Å². The van der Waals surface area contributed by atoms with Crippen LogP contribution in [0, 0.1) is 5.82 Å². The molecule has 126 valence electrons. The number of methoxy groups -OCH3 is 1. The fourth-order valence-electron chi connectivity index (χ4n) is 2.19. The van der Waals surface area contributed by atoms with Crippen LogP contribution in [0.3, 0.4) is 0 Å². The first-order chi connectivity index (χ1) is 11.1. The summed E-state index contributed by atoms with van der Waals surface area (Å²) in [5, 5.41) is 0. The minimum absolute atomic E-state index is 0.0607. The summed E-state index contributed by atoms with van der Waals surface area (Å²) in [6, 6.07) is 6.02. The number of ether oxygens (including phenoxy) is 2. The van der Waals surface area contributed by atoms with Crippen LogP contribution in [0.15, 0.2) is 29.3 Å². The fourth-order valence-corrected chi connectivity index (χ4v) is 2.19. The second-order valence-corrected chi connectivity index (χ2v) is 5.31. The summed E-state index contributed by atoms with van der Waals surface area (Å²) in [6.45, 7) is 3.77. The van der Waals surface area contributed by atoms with Gasteiger partial charge in [0.05, 0.1) is 12.2 Å². The van der Waals surface area contributed by atoms with E-state index in [4.69, 9.17) is 9.47 Å². The number of amides is 1. The number of carbonyl (C=O) groups is 1. The number of rotatable bonds is 4. The van der Waals surface area contributed by atoms with Crippen molar-refractivity contribution in [3.63, 3.8) is 0 Å². The van der Waals surface area contributed by atoms with E-state index in [1.807, 2.05) is 11.9 Å². The minimum atomic E-state index is -0.644. The van der Waals surface area contributed by atoms with E-state index >= 15 is 0 Å². The second-order valence-electron chi connectivity index (χ2n) is 5.31. The van der Waals surface area contributed by atoms with Crippen molar-refractivity contribution in [1.29, 1.82) is 0 Å². The first kappa shape index (κ1) is 17.4. The quantitative estimate of drug-likeness (QED) is 0.474. The fraction of sp³-hybridized carbons (Fsp3) is 0.500. The largest absolute Gasteiger partial charge is 0.462 e. The Morgan fingerprint density at radius 1 is 1.22 bits per heavy atom. The van der Waals surface area contributed by atoms with Crippen molar-refractivity contribution in [2.45, 2.75) is 0 Å². The molecule has 0 aliphatic carbocycles. The zero-order valence-electron chi connectivity index (χ0n) is 13.5. The van der Waals surface area contributed by atoms with Gasteiger partial charge >= 0.3 is 0 Å². The number of hydrogen-bond donors (Lipinski definition) is 0. The smallest absolute Gasteiger partial charge is 0.295 e. The molecule has 0 radical (unpaired) electrons. The van der Waals surface area contributed by atoms with E-state index in [9.17, 15) is 9.18 Å². The molecular weight excluding hydrogens is 301 g/mol. The van der Waals surface area contributed by atoms with Crippen LogP contribution in [0.25, 0.3) is 0 Å². The Kier molecular flexibility index (Phi) is 6.49. The monoisotopic (exact) mass is 323 g/mol. The molecule has 1 fully saturated rings. The van der Waals surface area contributed by atoms with Gasteiger partial charge in [-0.1, -0.05) is 12.1 Å². The van der Waals surface area contributed by atoms with Gasteiger partial charge in [-0.25, -0.2) is 4.39 Å². The Morgan fingerprint density at radius 3 is 2.57 bits per heavy atom. The zero-order valence-corrected chi connectivity index (χ0v) is 13.5. The molecule has 1 amide bonds. The Hall–Kier alpha value is -1.99. The topological polar surface area (TPSA) is 54.4 Å². The molecule has 1 aliphatic heterocycles. The molecule has 1 saturated heterocycles. The van der Waals surface area contributed by atoms with Gasteiger partial charge in [0.2, 0.25) is 0 Å². The highest BCUT2D eigenvalue weighted by Gasteiger charge is 2.21. The highest BCUT2D eigenvalue weighted by atomic mass is 19.1. The molecule has 2 rings (SSSR count). The van der Waals surface area contributed by atoms with Gasteiger partial charge in [-0.3, -0.25) is 4.79 Å². The van der Waals surface area contributed by atoms with Crippen molar-refractivity contribution in [2.24, 2.45) is 4.99 Å². The van der Waals surface area contributed by atoms with E-state index in [0.29, 0.717) is 19.7 Å². The lowest BCUT2D eigenvalue weighted by atomic mass is 10.2. The molecule has 1 aromatic rings. The highest BCUT2D eigenvalue weighted by molar-refractivity contribution is 6.01. The molecule has 1 heterocycles. The number of benzene rings is 1. The number of nitrogens with zero attached hydrogens (tertiary/aromatic N) is 3. The zero-order chi connectivity index (χ0) is 16.7. The van der Waals surface area contributed by atoms with E-state index < -0.39 is 11.7 Å². The Morgan fingerprint density at radius 2 is 1.91 bits per heavy atom. The molecule has 7 heteroatoms. The second kappa shape index (κ2) is 8.59. The van der Waals surface area contributed by atoms with Crippen LogP contribution in [0.5, 0.6) is 0 Å². The van der Waals surface area contributed by atoms with Crippen LogP contribution < -0.4 is 0 Å². The number of piperazine rings is 1. The van der Waals surface area contributed by atoms with E-state index in [1.165, 1.54) is 18.2 Å². The van der Waals surface area contributed by atoms with Crippen LogP contribution in [-0.4, -0.2) is 75.3 Å². The SMILES string of the molecule is COCCOC(=NC(=O)c1ccccc1F)N1CCN(C)CC1. The summed E-state index contributed by atoms with van der Waals surface area (Å²) < 4.78 is 24.3. The van der Waals surface area contributed by atoms with Gasteiger partial charge < -0.3 is 19.3 Å². The standard InChI is InChI=1S/C16H22FN3O3/c1-19-7-9-20(10-8-19)16(23-12-11-22-2)18-15(21)13-5-3-4-6-14(13)17/h3-6H,7-12H2,1-2H3. The first-order valence-corrected chi connectivity index (χ1v) is 7.54. The highest BCUT2D eigenvalue weighted by Crippen LogP contribution is 2.10. The predicted octanol–water partition coefficient (Wildman–Crippen LogP) is 1.23. The lowest BCUT2D eigenvalue weighted by Crippen LogP contribution is -2.48. The van der Waals surface area contributed by atoms with Gasteiger partial charge in [0.15, 0.2) is 0 Å². The lowest BCUT2D eigenvalue weighted by Gasteiger charge is -2.33. The molecular formula is C16H22FN3O3. The average Bonchev–Trinajstić information content (AvgIpc) is 2.55. The van der Waals surface area contributed by atoms with Crippen molar-refractivity contribution >= 4 is 11.9 Å². The van der Waals surface area contributed by atoms with Gasteiger partial charge in [-0.05, 0) is 19.2 Å².